The van der Waals surface area contributed by atoms with Gasteiger partial charge in [0.05, 0.1) is 5.56 Å². The number of hydrogen-bond donors (Lipinski definition) is 1. The highest BCUT2D eigenvalue weighted by Crippen LogP contribution is 2.31. The van der Waals surface area contributed by atoms with Gasteiger partial charge in [0, 0.05) is 20.0 Å². The number of carbonyl (C=O) groups excluding carboxylic acids is 1. The molecule has 1 aliphatic carbocycles. The SMILES string of the molecule is CC1CCCC(CC(=O)N(C)Cc2ccc(C(=O)O)cc2)C1. The van der Waals surface area contributed by atoms with Gasteiger partial charge in [0.1, 0.15) is 0 Å². The summed E-state index contributed by atoms with van der Waals surface area (Å²) >= 11 is 0. The van der Waals surface area contributed by atoms with Crippen molar-refractivity contribution < 1.29 is 14.7 Å². The summed E-state index contributed by atoms with van der Waals surface area (Å²) in [5.74, 6) is 0.511. The van der Waals surface area contributed by atoms with E-state index in [1.807, 2.05) is 7.05 Å². The number of carbonyl (C=O) groups is 2. The van der Waals surface area contributed by atoms with Gasteiger partial charge in [0.2, 0.25) is 5.91 Å². The third-order valence-corrected chi connectivity index (χ3v) is 4.55. The Labute approximate surface area is 132 Å². The highest BCUT2D eigenvalue weighted by Gasteiger charge is 2.22. The van der Waals surface area contributed by atoms with Crippen LogP contribution in [0.5, 0.6) is 0 Å². The van der Waals surface area contributed by atoms with E-state index >= 15 is 0 Å². The van der Waals surface area contributed by atoms with Crippen molar-refractivity contribution in [2.24, 2.45) is 11.8 Å². The zero-order chi connectivity index (χ0) is 16.1. The zero-order valence-electron chi connectivity index (χ0n) is 13.4. The molecule has 2 atom stereocenters. The first kappa shape index (κ1) is 16.5. The summed E-state index contributed by atoms with van der Waals surface area (Å²) in [7, 11) is 1.82. The molecular weight excluding hydrogens is 278 g/mol. The molecule has 0 spiro atoms. The summed E-state index contributed by atoms with van der Waals surface area (Å²) in [5, 5.41) is 8.88. The van der Waals surface area contributed by atoms with E-state index in [4.69, 9.17) is 5.11 Å². The molecule has 0 radical (unpaired) electrons. The maximum atomic E-state index is 12.3. The molecule has 120 valence electrons. The molecule has 0 aromatic heterocycles. The van der Waals surface area contributed by atoms with Crippen LogP contribution in [-0.4, -0.2) is 28.9 Å². The molecule has 2 rings (SSSR count). The monoisotopic (exact) mass is 303 g/mol. The van der Waals surface area contributed by atoms with Crippen LogP contribution in [0.25, 0.3) is 0 Å². The van der Waals surface area contributed by atoms with Crippen LogP contribution in [0.2, 0.25) is 0 Å². The number of carboxylic acid groups (broad SMARTS) is 1. The molecule has 0 aliphatic heterocycles. The van der Waals surface area contributed by atoms with Gasteiger partial charge in [-0.3, -0.25) is 4.79 Å². The first-order chi connectivity index (χ1) is 10.5. The molecule has 0 saturated heterocycles. The van der Waals surface area contributed by atoms with Crippen molar-refractivity contribution in [1.29, 1.82) is 0 Å². The van der Waals surface area contributed by atoms with Crippen LogP contribution in [0.4, 0.5) is 0 Å². The van der Waals surface area contributed by atoms with Gasteiger partial charge in [-0.15, -0.1) is 0 Å². The fraction of sp³-hybridized carbons (Fsp3) is 0.556. The number of rotatable bonds is 5. The molecule has 1 amide bonds. The smallest absolute Gasteiger partial charge is 0.335 e. The van der Waals surface area contributed by atoms with E-state index < -0.39 is 5.97 Å². The molecule has 1 N–H and O–H groups in total. The van der Waals surface area contributed by atoms with E-state index in [0.717, 1.165) is 24.3 Å². The Balaban J connectivity index is 1.86. The molecule has 4 nitrogen and oxygen atoms in total. The van der Waals surface area contributed by atoms with E-state index in [2.05, 4.69) is 6.92 Å². The molecule has 1 aromatic rings. The normalized spacial score (nSPS) is 21.4. The first-order valence-corrected chi connectivity index (χ1v) is 8.02. The molecule has 0 heterocycles. The van der Waals surface area contributed by atoms with E-state index in [1.54, 1.807) is 29.2 Å². The van der Waals surface area contributed by atoms with Crippen molar-refractivity contribution in [3.8, 4) is 0 Å². The minimum absolute atomic E-state index is 0.182. The van der Waals surface area contributed by atoms with Crippen LogP contribution in [0, 0.1) is 11.8 Å². The number of amides is 1. The lowest BCUT2D eigenvalue weighted by Gasteiger charge is -2.28. The Morgan fingerprint density at radius 2 is 1.91 bits per heavy atom. The largest absolute Gasteiger partial charge is 0.478 e. The van der Waals surface area contributed by atoms with Crippen molar-refractivity contribution in [1.82, 2.24) is 4.90 Å². The predicted octanol–water partition coefficient (Wildman–Crippen LogP) is 3.56. The van der Waals surface area contributed by atoms with Gasteiger partial charge in [0.15, 0.2) is 0 Å². The third kappa shape index (κ3) is 4.58. The second-order valence-electron chi connectivity index (χ2n) is 6.59. The lowest BCUT2D eigenvalue weighted by molar-refractivity contribution is -0.131. The summed E-state index contributed by atoms with van der Waals surface area (Å²) in [6.07, 6.45) is 5.48. The molecule has 22 heavy (non-hydrogen) atoms. The Kier molecular flexibility index (Phi) is 5.58. The average Bonchev–Trinajstić information content (AvgIpc) is 2.47. The summed E-state index contributed by atoms with van der Waals surface area (Å²) < 4.78 is 0. The minimum atomic E-state index is -0.928. The van der Waals surface area contributed by atoms with Crippen LogP contribution >= 0.6 is 0 Å². The van der Waals surface area contributed by atoms with Gasteiger partial charge in [-0.1, -0.05) is 31.9 Å². The Hall–Kier alpha value is -1.84. The van der Waals surface area contributed by atoms with Crippen LogP contribution in [0.3, 0.4) is 0 Å². The van der Waals surface area contributed by atoms with Crippen molar-refractivity contribution in [3.05, 3.63) is 35.4 Å². The van der Waals surface area contributed by atoms with E-state index in [1.165, 1.54) is 12.8 Å². The third-order valence-electron chi connectivity index (χ3n) is 4.55. The van der Waals surface area contributed by atoms with Gasteiger partial charge < -0.3 is 10.0 Å². The summed E-state index contributed by atoms with van der Waals surface area (Å²) in [6, 6.07) is 6.71. The van der Waals surface area contributed by atoms with Crippen LogP contribution in [-0.2, 0) is 11.3 Å². The molecule has 2 unspecified atom stereocenters. The molecular formula is C18H25NO3. The van der Waals surface area contributed by atoms with Crippen LogP contribution in [0.15, 0.2) is 24.3 Å². The van der Waals surface area contributed by atoms with Crippen molar-refractivity contribution in [2.75, 3.05) is 7.05 Å². The average molecular weight is 303 g/mol. The summed E-state index contributed by atoms with van der Waals surface area (Å²) in [4.78, 5) is 24.9. The fourth-order valence-electron chi connectivity index (χ4n) is 3.26. The number of aromatic carboxylic acids is 1. The van der Waals surface area contributed by atoms with Crippen LogP contribution in [0.1, 0.15) is 54.9 Å². The first-order valence-electron chi connectivity index (χ1n) is 8.02. The number of carboxylic acids is 1. The summed E-state index contributed by atoms with van der Waals surface area (Å²) in [6.45, 7) is 2.80. The van der Waals surface area contributed by atoms with Crippen molar-refractivity contribution >= 4 is 11.9 Å². The number of hydrogen-bond acceptors (Lipinski definition) is 2. The minimum Gasteiger partial charge on any atom is -0.478 e. The van der Waals surface area contributed by atoms with E-state index in [9.17, 15) is 9.59 Å². The standard InChI is InChI=1S/C18H25NO3/c1-13-4-3-5-15(10-13)11-17(20)19(2)12-14-6-8-16(9-7-14)18(21)22/h6-9,13,15H,3-5,10-12H2,1-2H3,(H,21,22). The topological polar surface area (TPSA) is 57.6 Å². The molecule has 1 fully saturated rings. The second-order valence-corrected chi connectivity index (χ2v) is 6.59. The zero-order valence-corrected chi connectivity index (χ0v) is 13.4. The highest BCUT2D eigenvalue weighted by molar-refractivity contribution is 5.87. The van der Waals surface area contributed by atoms with E-state index in [-0.39, 0.29) is 11.5 Å². The quantitative estimate of drug-likeness (QED) is 0.905. The Morgan fingerprint density at radius 3 is 2.50 bits per heavy atom. The maximum Gasteiger partial charge on any atom is 0.335 e. The fourth-order valence-corrected chi connectivity index (χ4v) is 3.26. The van der Waals surface area contributed by atoms with Gasteiger partial charge in [-0.25, -0.2) is 4.79 Å². The van der Waals surface area contributed by atoms with E-state index in [0.29, 0.717) is 18.9 Å². The maximum absolute atomic E-state index is 12.3. The second kappa shape index (κ2) is 7.43. The predicted molar refractivity (Wildman–Crippen MR) is 85.6 cm³/mol. The lowest BCUT2D eigenvalue weighted by Crippen LogP contribution is -2.29. The van der Waals surface area contributed by atoms with Gasteiger partial charge in [0.25, 0.3) is 0 Å². The molecule has 1 aromatic carbocycles. The molecule has 1 saturated carbocycles. The Bertz CT molecular complexity index is 524. The molecule has 4 heteroatoms. The van der Waals surface area contributed by atoms with Crippen LogP contribution < -0.4 is 0 Å². The number of nitrogens with zero attached hydrogens (tertiary/aromatic N) is 1. The van der Waals surface area contributed by atoms with Crippen molar-refractivity contribution in [2.45, 2.75) is 45.6 Å². The van der Waals surface area contributed by atoms with Gasteiger partial charge in [-0.2, -0.15) is 0 Å². The Morgan fingerprint density at radius 1 is 1.23 bits per heavy atom. The molecule has 1 aliphatic rings. The van der Waals surface area contributed by atoms with Gasteiger partial charge >= 0.3 is 5.97 Å². The number of benzene rings is 1. The summed E-state index contributed by atoms with van der Waals surface area (Å²) in [5.41, 5.74) is 1.23. The highest BCUT2D eigenvalue weighted by atomic mass is 16.4. The molecule has 0 bridgehead atoms. The van der Waals surface area contributed by atoms with Gasteiger partial charge in [-0.05, 0) is 42.4 Å². The van der Waals surface area contributed by atoms with Crippen molar-refractivity contribution in [3.63, 3.8) is 0 Å². The lowest BCUT2D eigenvalue weighted by atomic mass is 9.80.